The molecule has 0 unspecified atom stereocenters. The largest absolute Gasteiger partial charge is 0.497 e. The second-order valence-electron chi connectivity index (χ2n) is 6.84. The van der Waals surface area contributed by atoms with Crippen LogP contribution in [0.25, 0.3) is 10.6 Å². The van der Waals surface area contributed by atoms with Crippen LogP contribution in [0.15, 0.2) is 54.7 Å². The first-order valence-corrected chi connectivity index (χ1v) is 10.7. The van der Waals surface area contributed by atoms with Crippen LogP contribution in [0, 0.1) is 0 Å². The molecule has 0 spiro atoms. The number of thiazole rings is 1. The summed E-state index contributed by atoms with van der Waals surface area (Å²) in [5, 5.41) is 1.42. The molecular formula is C22H22ClN3O2S. The van der Waals surface area contributed by atoms with Crippen molar-refractivity contribution >= 4 is 34.5 Å². The summed E-state index contributed by atoms with van der Waals surface area (Å²) in [4.78, 5) is 22.4. The normalized spacial score (nSPS) is 14.6. The predicted octanol–water partition coefficient (Wildman–Crippen LogP) is 4.82. The van der Waals surface area contributed by atoms with E-state index in [1.807, 2.05) is 41.3 Å². The highest BCUT2D eigenvalue weighted by atomic mass is 35.5. The van der Waals surface area contributed by atoms with Gasteiger partial charge in [-0.25, -0.2) is 4.98 Å². The van der Waals surface area contributed by atoms with Crippen molar-refractivity contribution in [2.24, 2.45) is 0 Å². The fraction of sp³-hybridized carbons (Fsp3) is 0.273. The lowest BCUT2D eigenvalue weighted by atomic mass is 10.2. The van der Waals surface area contributed by atoms with Gasteiger partial charge in [-0.15, -0.1) is 11.3 Å². The van der Waals surface area contributed by atoms with Gasteiger partial charge < -0.3 is 14.5 Å². The number of halogens is 1. The summed E-state index contributed by atoms with van der Waals surface area (Å²) in [6.07, 6.45) is 2.59. The highest BCUT2D eigenvalue weighted by Crippen LogP contribution is 2.31. The number of nitrogens with zero attached hydrogens (tertiary/aromatic N) is 3. The topological polar surface area (TPSA) is 45.7 Å². The first-order chi connectivity index (χ1) is 14.2. The quantitative estimate of drug-likeness (QED) is 0.598. The third-order valence-corrected chi connectivity index (χ3v) is 6.39. The van der Waals surface area contributed by atoms with Gasteiger partial charge in [0.25, 0.3) is 5.91 Å². The van der Waals surface area contributed by atoms with Crippen LogP contribution in [0.5, 0.6) is 5.75 Å². The minimum atomic E-state index is 0.0392. The fourth-order valence-corrected chi connectivity index (χ4v) is 4.66. The smallest absolute Gasteiger partial charge is 0.265 e. The molecular weight excluding hydrogens is 406 g/mol. The number of carbonyl (C=O) groups excluding carboxylic acids is 1. The van der Waals surface area contributed by atoms with E-state index in [1.165, 1.54) is 11.3 Å². The second-order valence-corrected chi connectivity index (χ2v) is 8.28. The number of amides is 1. The van der Waals surface area contributed by atoms with Crippen molar-refractivity contribution in [3.8, 4) is 16.3 Å². The molecule has 0 saturated carbocycles. The van der Waals surface area contributed by atoms with E-state index in [0.717, 1.165) is 48.1 Å². The van der Waals surface area contributed by atoms with Crippen LogP contribution in [0.3, 0.4) is 0 Å². The summed E-state index contributed by atoms with van der Waals surface area (Å²) in [6.45, 7) is 3.15. The Morgan fingerprint density at radius 3 is 2.62 bits per heavy atom. The van der Waals surface area contributed by atoms with Crippen molar-refractivity contribution < 1.29 is 9.53 Å². The maximum absolute atomic E-state index is 13.0. The number of hydrogen-bond donors (Lipinski definition) is 0. The molecule has 0 bridgehead atoms. The Kier molecular flexibility index (Phi) is 6.02. The van der Waals surface area contributed by atoms with Crippen molar-refractivity contribution in [2.45, 2.75) is 6.42 Å². The van der Waals surface area contributed by atoms with Crippen LogP contribution in [0.4, 0.5) is 5.69 Å². The summed E-state index contributed by atoms with van der Waals surface area (Å²) in [5.74, 6) is 0.886. The molecule has 1 aliphatic rings. The van der Waals surface area contributed by atoms with Crippen LogP contribution in [0.1, 0.15) is 16.1 Å². The lowest BCUT2D eigenvalue weighted by Gasteiger charge is -2.23. The summed E-state index contributed by atoms with van der Waals surface area (Å²) >= 11 is 7.66. The van der Waals surface area contributed by atoms with Gasteiger partial charge in [0.05, 0.1) is 18.3 Å². The van der Waals surface area contributed by atoms with Gasteiger partial charge in [0.1, 0.15) is 15.6 Å². The molecule has 0 aliphatic carbocycles. The molecule has 0 radical (unpaired) electrons. The van der Waals surface area contributed by atoms with E-state index in [1.54, 1.807) is 13.3 Å². The minimum absolute atomic E-state index is 0.0392. The monoisotopic (exact) mass is 427 g/mol. The molecule has 1 amide bonds. The van der Waals surface area contributed by atoms with Crippen LogP contribution >= 0.6 is 22.9 Å². The molecule has 0 N–H and O–H groups in total. The predicted molar refractivity (Wildman–Crippen MR) is 118 cm³/mol. The van der Waals surface area contributed by atoms with Crippen molar-refractivity contribution in [3.63, 3.8) is 0 Å². The molecule has 7 heteroatoms. The van der Waals surface area contributed by atoms with Crippen molar-refractivity contribution in [3.05, 3.63) is 64.6 Å². The van der Waals surface area contributed by atoms with E-state index in [0.29, 0.717) is 16.4 Å². The highest BCUT2D eigenvalue weighted by molar-refractivity contribution is 7.17. The Morgan fingerprint density at radius 1 is 1.07 bits per heavy atom. The molecule has 5 nitrogen and oxygen atoms in total. The van der Waals surface area contributed by atoms with Crippen LogP contribution in [-0.2, 0) is 0 Å². The Morgan fingerprint density at radius 2 is 1.86 bits per heavy atom. The van der Waals surface area contributed by atoms with Gasteiger partial charge in [-0.2, -0.15) is 0 Å². The fourth-order valence-electron chi connectivity index (χ4n) is 3.46. The van der Waals surface area contributed by atoms with Gasteiger partial charge in [0.15, 0.2) is 0 Å². The molecule has 29 heavy (non-hydrogen) atoms. The molecule has 0 atom stereocenters. The Labute approximate surface area is 179 Å². The Bertz CT molecular complexity index is 990. The second kappa shape index (κ2) is 8.84. The minimum Gasteiger partial charge on any atom is -0.497 e. The van der Waals surface area contributed by atoms with Gasteiger partial charge >= 0.3 is 0 Å². The van der Waals surface area contributed by atoms with Gasteiger partial charge in [-0.05, 0) is 36.8 Å². The number of methoxy groups -OCH3 is 1. The van der Waals surface area contributed by atoms with Crippen molar-refractivity contribution in [2.75, 3.05) is 38.2 Å². The number of benzene rings is 2. The molecule has 1 aromatic heterocycles. The van der Waals surface area contributed by atoms with Gasteiger partial charge in [-0.3, -0.25) is 4.79 Å². The Hall–Kier alpha value is -2.57. The third-order valence-electron chi connectivity index (χ3n) is 5.04. The molecule has 2 heterocycles. The molecule has 1 saturated heterocycles. The third kappa shape index (κ3) is 4.38. The van der Waals surface area contributed by atoms with Gasteiger partial charge in [0, 0.05) is 37.4 Å². The van der Waals surface area contributed by atoms with E-state index in [4.69, 9.17) is 16.3 Å². The van der Waals surface area contributed by atoms with E-state index in [2.05, 4.69) is 22.0 Å². The maximum Gasteiger partial charge on any atom is 0.265 e. The number of anilines is 1. The number of carbonyl (C=O) groups is 1. The van der Waals surface area contributed by atoms with E-state index in [9.17, 15) is 4.79 Å². The zero-order valence-electron chi connectivity index (χ0n) is 16.2. The first-order valence-electron chi connectivity index (χ1n) is 9.55. The lowest BCUT2D eigenvalue weighted by Crippen LogP contribution is -2.34. The number of aromatic nitrogens is 1. The van der Waals surface area contributed by atoms with Crippen LogP contribution in [-0.4, -0.2) is 49.1 Å². The molecule has 1 fully saturated rings. The number of rotatable bonds is 4. The van der Waals surface area contributed by atoms with Crippen LogP contribution < -0.4 is 9.64 Å². The molecule has 1 aliphatic heterocycles. The average molecular weight is 428 g/mol. The number of hydrogen-bond acceptors (Lipinski definition) is 5. The lowest BCUT2D eigenvalue weighted by molar-refractivity contribution is 0.0771. The summed E-state index contributed by atoms with van der Waals surface area (Å²) < 4.78 is 5.24. The van der Waals surface area contributed by atoms with Gasteiger partial charge in [-0.1, -0.05) is 29.8 Å². The van der Waals surface area contributed by atoms with Crippen molar-refractivity contribution in [1.82, 2.24) is 9.88 Å². The molecule has 3 aromatic rings. The SMILES string of the molecule is COc1ccc(N2CCCN(C(=O)c3cnc(-c4ccccc4Cl)s3)CC2)cc1. The van der Waals surface area contributed by atoms with Gasteiger partial charge in [0.2, 0.25) is 0 Å². The molecule has 4 rings (SSSR count). The van der Waals surface area contributed by atoms with E-state index < -0.39 is 0 Å². The van der Waals surface area contributed by atoms with Crippen LogP contribution in [0.2, 0.25) is 5.02 Å². The summed E-state index contributed by atoms with van der Waals surface area (Å²) in [5.41, 5.74) is 2.01. The van der Waals surface area contributed by atoms with E-state index in [-0.39, 0.29) is 5.91 Å². The van der Waals surface area contributed by atoms with Crippen molar-refractivity contribution in [1.29, 1.82) is 0 Å². The average Bonchev–Trinajstić information content (AvgIpc) is 3.11. The molecule has 150 valence electrons. The van der Waals surface area contributed by atoms with E-state index >= 15 is 0 Å². The molecule has 2 aromatic carbocycles. The Balaban J connectivity index is 1.44. The zero-order chi connectivity index (χ0) is 20.2. The summed E-state index contributed by atoms with van der Waals surface area (Å²) in [7, 11) is 1.67. The first kappa shape index (κ1) is 19.7. The zero-order valence-corrected chi connectivity index (χ0v) is 17.7. The summed E-state index contributed by atoms with van der Waals surface area (Å²) in [6, 6.07) is 15.6. The standard InChI is InChI=1S/C22H22ClN3O2S/c1-28-17-9-7-16(8-10-17)25-11-4-12-26(14-13-25)22(27)20-15-24-21(29-20)18-5-2-3-6-19(18)23/h2-3,5-10,15H,4,11-14H2,1H3. The number of ether oxygens (including phenoxy) is 1. The maximum atomic E-state index is 13.0. The highest BCUT2D eigenvalue weighted by Gasteiger charge is 2.23.